The lowest BCUT2D eigenvalue weighted by atomic mass is 10.0. The van der Waals surface area contributed by atoms with Gasteiger partial charge < -0.3 is 69.6 Å². The Morgan fingerprint density at radius 2 is 1.30 bits per heavy atom. The number of nitrogens with two attached hydrogens (primary N) is 3. The summed E-state index contributed by atoms with van der Waals surface area (Å²) in [7, 11) is 2.02. The second kappa shape index (κ2) is 29.5. The topological polar surface area (TPSA) is 355 Å². The van der Waals surface area contributed by atoms with Gasteiger partial charge in [-0.1, -0.05) is 125 Å². The summed E-state index contributed by atoms with van der Waals surface area (Å²) in [5.74, 6) is -7.28. The van der Waals surface area contributed by atoms with Crippen LogP contribution in [0.2, 0.25) is 0 Å². The summed E-state index contributed by atoms with van der Waals surface area (Å²) in [6.07, 6.45) is 0.695. The van der Waals surface area contributed by atoms with Crippen molar-refractivity contribution in [2.75, 3.05) is 18.1 Å². The summed E-state index contributed by atoms with van der Waals surface area (Å²) >= 11 is 0. The van der Waals surface area contributed by atoms with E-state index >= 15 is 0 Å². The maximum atomic E-state index is 14.9. The summed E-state index contributed by atoms with van der Waals surface area (Å²) in [6.45, 7) is 1.50. The second-order valence-electron chi connectivity index (χ2n) is 20.0. The molecule has 21 nitrogen and oxygen atoms in total. The van der Waals surface area contributed by atoms with Gasteiger partial charge in [0.05, 0.1) is 12.1 Å². The maximum absolute atomic E-state index is 14.9. The van der Waals surface area contributed by atoms with Crippen LogP contribution in [0.3, 0.4) is 0 Å². The van der Waals surface area contributed by atoms with Crippen molar-refractivity contribution in [1.29, 1.82) is 0 Å². The molecular weight excluding hydrogens is 1070 g/mol. The number of primary amides is 1. The number of aliphatic hydroxyl groups is 1. The predicted octanol–water partition coefficient (Wildman–Crippen LogP) is 1.41. The number of rotatable bonds is 18. The zero-order valence-electron chi connectivity index (χ0n) is 44.6. The highest BCUT2D eigenvalue weighted by Gasteiger charge is 2.37. The Labute approximate surface area is 476 Å². The summed E-state index contributed by atoms with van der Waals surface area (Å²) < 4.78 is 0. The van der Waals surface area contributed by atoms with Crippen molar-refractivity contribution in [3.63, 3.8) is 0 Å². The van der Waals surface area contributed by atoms with E-state index in [9.17, 15) is 48.6 Å². The van der Waals surface area contributed by atoms with E-state index in [0.29, 0.717) is 29.5 Å². The van der Waals surface area contributed by atoms with Gasteiger partial charge >= 0.3 is 0 Å². The molecule has 0 bridgehead atoms. The molecule has 5 aromatic carbocycles. The Balaban J connectivity index is 1.25. The number of phenolic OH excluding ortho intramolecular Hbond substituents is 1. The molecule has 0 aliphatic carbocycles. The van der Waals surface area contributed by atoms with E-state index in [4.69, 9.17) is 17.2 Å². The highest BCUT2D eigenvalue weighted by Crippen LogP contribution is 2.25. The Hall–Kier alpha value is -7.96. The molecule has 8 amide bonds. The molecule has 0 radical (unpaired) electrons. The summed E-state index contributed by atoms with van der Waals surface area (Å²) in [5.41, 5.74) is 21.4. The SMILES string of the molecule is C[C@@H](O)[C@@H]1NC(=O)[C@H](CCCCN)NC(=O)[C@@H](Cc2c[nH]c3ccccc23)NC(=O)[C@H](Cc2ccc(O)cc2)NC(=O)[C@@H](NC(=O)[C@H](N)Cc2ccccc2)CSSC[C@@H](C(=O)N[C@@H](Cc2ccc3ccccc3c2)C(N)=O)NC1=O. The third-order valence-corrected chi connectivity index (χ3v) is 16.2. The van der Waals surface area contributed by atoms with E-state index in [-0.39, 0.29) is 55.9 Å². The number of aromatic amines is 1. The normalized spacial score (nSPS) is 21.0. The van der Waals surface area contributed by atoms with Crippen LogP contribution in [0.5, 0.6) is 5.75 Å². The number of aromatic hydroxyl groups is 1. The van der Waals surface area contributed by atoms with Crippen LogP contribution < -0.4 is 54.4 Å². The van der Waals surface area contributed by atoms with Gasteiger partial charge in [0, 0.05) is 47.9 Å². The molecule has 1 saturated heterocycles. The molecule has 16 N–H and O–H groups in total. The van der Waals surface area contributed by atoms with Crippen LogP contribution >= 0.6 is 21.6 Å². The van der Waals surface area contributed by atoms with Gasteiger partial charge in [0.2, 0.25) is 47.3 Å². The van der Waals surface area contributed by atoms with E-state index in [0.717, 1.165) is 48.8 Å². The average Bonchev–Trinajstić information content (AvgIpc) is 3.86. The number of unbranched alkanes of at least 4 members (excludes halogenated alkanes) is 1. The van der Waals surface area contributed by atoms with Crippen molar-refractivity contribution in [2.45, 2.75) is 106 Å². The molecular formula is C58H69N11O10S2. The Morgan fingerprint density at radius 1 is 0.667 bits per heavy atom. The first-order valence-corrected chi connectivity index (χ1v) is 29.1. The lowest BCUT2D eigenvalue weighted by Crippen LogP contribution is -2.62. The number of benzene rings is 5. The molecule has 2 heterocycles. The van der Waals surface area contributed by atoms with Gasteiger partial charge in [0.25, 0.3) is 0 Å². The molecule has 9 atom stereocenters. The number of aromatic nitrogens is 1. The number of hydrogen-bond acceptors (Lipinski definition) is 14. The fraction of sp³-hybridized carbons (Fsp3) is 0.345. The Kier molecular flexibility index (Phi) is 22.1. The van der Waals surface area contributed by atoms with Crippen molar-refractivity contribution < 1.29 is 48.6 Å². The number of carbonyl (C=O) groups excluding carboxylic acids is 8. The lowest BCUT2D eigenvalue weighted by molar-refractivity contribution is -0.136. The van der Waals surface area contributed by atoms with E-state index in [1.807, 2.05) is 66.7 Å². The summed E-state index contributed by atoms with van der Waals surface area (Å²) in [4.78, 5) is 118. The minimum absolute atomic E-state index is 0.00291. The highest BCUT2D eigenvalue weighted by atomic mass is 33.1. The first-order valence-electron chi connectivity index (χ1n) is 26.6. The molecule has 428 valence electrons. The molecule has 0 unspecified atom stereocenters. The fourth-order valence-corrected chi connectivity index (χ4v) is 11.6. The zero-order valence-corrected chi connectivity index (χ0v) is 46.2. The van der Waals surface area contributed by atoms with E-state index in [1.54, 1.807) is 48.7 Å². The van der Waals surface area contributed by atoms with Crippen LogP contribution in [0.25, 0.3) is 21.7 Å². The van der Waals surface area contributed by atoms with Crippen LogP contribution in [-0.2, 0) is 64.0 Å². The molecule has 81 heavy (non-hydrogen) atoms. The molecule has 1 aliphatic rings. The molecule has 6 aromatic rings. The molecule has 0 saturated carbocycles. The van der Waals surface area contributed by atoms with Gasteiger partial charge in [-0.25, -0.2) is 0 Å². The predicted molar refractivity (Wildman–Crippen MR) is 312 cm³/mol. The summed E-state index contributed by atoms with van der Waals surface area (Å²) in [5, 5.41) is 42.8. The van der Waals surface area contributed by atoms with Gasteiger partial charge in [0.15, 0.2) is 0 Å². The van der Waals surface area contributed by atoms with Crippen molar-refractivity contribution in [2.24, 2.45) is 17.2 Å². The number of para-hydroxylation sites is 1. The van der Waals surface area contributed by atoms with Crippen molar-refractivity contribution in [3.8, 4) is 5.75 Å². The molecule has 0 spiro atoms. The zero-order chi connectivity index (χ0) is 58.0. The summed E-state index contributed by atoms with van der Waals surface area (Å²) in [6, 6.07) is 24.1. The third-order valence-electron chi connectivity index (χ3n) is 13.8. The largest absolute Gasteiger partial charge is 0.508 e. The van der Waals surface area contributed by atoms with Gasteiger partial charge in [-0.2, -0.15) is 0 Å². The molecule has 1 fully saturated rings. The highest BCUT2D eigenvalue weighted by molar-refractivity contribution is 8.76. The van der Waals surface area contributed by atoms with Crippen LogP contribution in [0.4, 0.5) is 0 Å². The first kappa shape index (κ1) is 60.7. The minimum atomic E-state index is -1.71. The van der Waals surface area contributed by atoms with Crippen LogP contribution in [0, 0.1) is 0 Å². The molecule has 1 aliphatic heterocycles. The van der Waals surface area contributed by atoms with Crippen LogP contribution in [0.1, 0.15) is 48.4 Å². The number of carbonyl (C=O) groups is 8. The number of H-pyrrole nitrogens is 1. The molecule has 23 heteroatoms. The van der Waals surface area contributed by atoms with E-state index < -0.39 is 102 Å². The number of amides is 8. The average molecular weight is 1140 g/mol. The van der Waals surface area contributed by atoms with Gasteiger partial charge in [-0.15, -0.1) is 0 Å². The second-order valence-corrected chi connectivity index (χ2v) is 22.5. The maximum Gasteiger partial charge on any atom is 0.245 e. The quantitative estimate of drug-likeness (QED) is 0.0428. The Morgan fingerprint density at radius 3 is 2.01 bits per heavy atom. The smallest absolute Gasteiger partial charge is 0.245 e. The number of aliphatic hydroxyl groups excluding tert-OH is 1. The minimum Gasteiger partial charge on any atom is -0.508 e. The molecule has 7 rings (SSSR count). The lowest BCUT2D eigenvalue weighted by Gasteiger charge is -2.29. The van der Waals surface area contributed by atoms with Crippen LogP contribution in [-0.4, -0.2) is 135 Å². The number of hydrogen-bond donors (Lipinski definition) is 13. The molecule has 1 aromatic heterocycles. The van der Waals surface area contributed by atoms with E-state index in [1.165, 1.54) is 19.1 Å². The standard InChI is InChI=1S/C58H69N11O10S2/c1-33(70)50-58(79)68-49(56(77)64-45(51(61)72)28-36-18-21-37-13-5-6-14-38(37)25-36)32-81-80-31-48(67-52(73)42(60)26-34-11-3-2-4-12-34)57(78)65-46(27-35-19-22-40(71)23-20-35)54(75)66-47(29-39-30-62-43-16-8-7-15-41(39)43)55(76)63-44(53(74)69-50)17-9-10-24-59/h2-8,11-16,18-23,25,30,33,42,44-50,62,70-71H,9-10,17,24,26-29,31-32,59-60H2,1H3,(H2,61,72)(H,63,76)(H,64,77)(H,65,78)(H,66,75)(H,67,73)(H,68,79)(H,69,74)/t33-,42-,44+,45+,46+,47-,48+,49+,50+/m1/s1. The fourth-order valence-electron chi connectivity index (χ4n) is 9.24. The van der Waals surface area contributed by atoms with Gasteiger partial charge in [-0.05, 0) is 90.4 Å². The Bertz CT molecular complexity index is 3170. The third kappa shape index (κ3) is 17.5. The monoisotopic (exact) mass is 1140 g/mol. The van der Waals surface area contributed by atoms with Gasteiger partial charge in [0.1, 0.15) is 48.0 Å². The first-order chi connectivity index (χ1) is 39.0. The van der Waals surface area contributed by atoms with Crippen molar-refractivity contribution in [1.82, 2.24) is 42.2 Å². The van der Waals surface area contributed by atoms with Crippen LogP contribution in [0.15, 0.2) is 128 Å². The number of fused-ring (bicyclic) bond motifs is 2. The number of phenols is 1. The van der Waals surface area contributed by atoms with E-state index in [2.05, 4.69) is 42.2 Å². The van der Waals surface area contributed by atoms with Crippen molar-refractivity contribution >= 4 is 90.5 Å². The van der Waals surface area contributed by atoms with Gasteiger partial charge in [-0.3, -0.25) is 38.4 Å². The number of nitrogens with one attached hydrogen (secondary N) is 8. The van der Waals surface area contributed by atoms with Crippen molar-refractivity contribution in [3.05, 3.63) is 150 Å².